The van der Waals surface area contributed by atoms with Gasteiger partial charge in [-0.1, -0.05) is 35.4 Å². The third-order valence-electron chi connectivity index (χ3n) is 5.89. The average molecular weight is 583 g/mol. The molecule has 2 saturated heterocycles. The van der Waals surface area contributed by atoms with Crippen molar-refractivity contribution >= 4 is 67.9 Å². The van der Waals surface area contributed by atoms with Gasteiger partial charge in [0.15, 0.2) is 0 Å². The fourth-order valence-electron chi connectivity index (χ4n) is 4.01. The highest BCUT2D eigenvalue weighted by molar-refractivity contribution is 9.10. The van der Waals surface area contributed by atoms with Crippen molar-refractivity contribution in [3.05, 3.63) is 62.0 Å². The molecule has 2 aromatic carbocycles. The van der Waals surface area contributed by atoms with Crippen LogP contribution in [0.5, 0.6) is 0 Å². The number of nitrogens with one attached hydrogen (secondary N) is 2. The van der Waals surface area contributed by atoms with Crippen molar-refractivity contribution in [1.29, 1.82) is 0 Å². The van der Waals surface area contributed by atoms with Crippen LogP contribution in [0.2, 0.25) is 10.0 Å². The molecule has 2 aromatic rings. The molecule has 2 N–H and O–H groups in total. The molecule has 0 bridgehead atoms. The summed E-state index contributed by atoms with van der Waals surface area (Å²) in [6.45, 7) is 0.0767. The van der Waals surface area contributed by atoms with Crippen molar-refractivity contribution < 1.29 is 22.8 Å². The molecule has 5 nitrogen and oxygen atoms in total. The molecule has 0 aromatic heterocycles. The Balaban J connectivity index is 1.55. The van der Waals surface area contributed by atoms with Crippen LogP contribution < -0.4 is 15.7 Å². The number of hydrogen-bond acceptors (Lipinski definition) is 4. The molecule has 1 amide bonds. The second-order valence-electron chi connectivity index (χ2n) is 7.86. The van der Waals surface area contributed by atoms with E-state index in [2.05, 4.69) is 26.7 Å². The lowest BCUT2D eigenvalue weighted by molar-refractivity contribution is -0.184. The predicted molar refractivity (Wildman–Crippen MR) is 128 cm³/mol. The minimum Gasteiger partial charge on any atom is -0.370 e. The predicted octanol–water partition coefficient (Wildman–Crippen LogP) is 5.16. The molecule has 2 heterocycles. The molecular formula is C21H17BrCl2F3N3O2S. The van der Waals surface area contributed by atoms with Crippen LogP contribution in [0.25, 0.3) is 0 Å². The average Bonchev–Trinajstić information content (AvgIpc) is 3.39. The highest BCUT2D eigenvalue weighted by atomic mass is 79.9. The van der Waals surface area contributed by atoms with Gasteiger partial charge in [-0.2, -0.15) is 13.2 Å². The summed E-state index contributed by atoms with van der Waals surface area (Å²) in [4.78, 5) is 18.5. The van der Waals surface area contributed by atoms with Crippen molar-refractivity contribution in [2.24, 2.45) is 0 Å². The molecule has 2 aliphatic heterocycles. The lowest BCUT2D eigenvalue weighted by Gasteiger charge is -2.33. The standard InChI is InChI=1S/C21H17BrCl2F3N3O2S/c22-17-14(23)7-12(8-15(17)24)20(21(25,26)27)5-6-30(10-20)13-3-1-11(2-4-13)19(33)28-16-9-32-29-18(16)31/h1-4,7-8,16H,5-6,9-10H2,(H,28,33)(H,29,31). The van der Waals surface area contributed by atoms with Gasteiger partial charge in [0.05, 0.1) is 14.5 Å². The number of amides is 1. The molecule has 2 atom stereocenters. The summed E-state index contributed by atoms with van der Waals surface area (Å²) in [5.74, 6) is -0.317. The third kappa shape index (κ3) is 4.68. The van der Waals surface area contributed by atoms with Gasteiger partial charge >= 0.3 is 6.18 Å². The van der Waals surface area contributed by atoms with E-state index in [1.54, 1.807) is 29.2 Å². The maximum Gasteiger partial charge on any atom is 0.400 e. The molecule has 33 heavy (non-hydrogen) atoms. The normalized spacial score (nSPS) is 23.0. The highest BCUT2D eigenvalue weighted by Gasteiger charge is 2.59. The zero-order valence-electron chi connectivity index (χ0n) is 16.8. The number of rotatable bonds is 4. The molecule has 0 saturated carbocycles. The molecule has 2 aliphatic rings. The second-order valence-corrected chi connectivity index (χ2v) is 9.87. The number of nitrogens with zero attached hydrogens (tertiary/aromatic N) is 1. The van der Waals surface area contributed by atoms with Crippen LogP contribution in [0.1, 0.15) is 17.5 Å². The summed E-state index contributed by atoms with van der Waals surface area (Å²) in [7, 11) is 0. The Bertz CT molecular complexity index is 1080. The van der Waals surface area contributed by atoms with E-state index in [1.807, 2.05) is 0 Å². The lowest BCUT2D eigenvalue weighted by Crippen LogP contribution is -2.45. The SMILES string of the molecule is O=C1NOCC1NC(=S)c1ccc(N2CCC(c3cc(Cl)c(Br)c(Cl)c3)(C(F)(F)F)C2)cc1. The van der Waals surface area contributed by atoms with Crippen molar-refractivity contribution in [2.75, 3.05) is 24.6 Å². The number of carbonyl (C=O) groups is 1. The van der Waals surface area contributed by atoms with E-state index in [0.29, 0.717) is 20.7 Å². The molecule has 2 fully saturated rings. The summed E-state index contributed by atoms with van der Waals surface area (Å²) in [5.41, 5.74) is 1.44. The number of alkyl halides is 3. The first-order chi connectivity index (χ1) is 15.5. The monoisotopic (exact) mass is 581 g/mol. The van der Waals surface area contributed by atoms with E-state index < -0.39 is 17.6 Å². The van der Waals surface area contributed by atoms with Crippen LogP contribution in [-0.4, -0.2) is 42.8 Å². The van der Waals surface area contributed by atoms with E-state index in [1.165, 1.54) is 12.1 Å². The summed E-state index contributed by atoms with van der Waals surface area (Å²) in [6, 6.07) is 8.89. The van der Waals surface area contributed by atoms with E-state index in [4.69, 9.17) is 40.3 Å². The summed E-state index contributed by atoms with van der Waals surface area (Å²) >= 11 is 20.8. The highest BCUT2D eigenvalue weighted by Crippen LogP contribution is 2.50. The number of anilines is 1. The molecule has 0 spiro atoms. The molecule has 0 radical (unpaired) electrons. The molecule has 176 valence electrons. The van der Waals surface area contributed by atoms with Gasteiger partial charge < -0.3 is 10.2 Å². The largest absolute Gasteiger partial charge is 0.400 e. The lowest BCUT2D eigenvalue weighted by atomic mass is 9.79. The fraction of sp³-hybridized carbons (Fsp3) is 0.333. The van der Waals surface area contributed by atoms with Gasteiger partial charge in [0.2, 0.25) is 0 Å². The smallest absolute Gasteiger partial charge is 0.370 e. The van der Waals surface area contributed by atoms with Gasteiger partial charge in [-0.3, -0.25) is 9.63 Å². The van der Waals surface area contributed by atoms with Crippen LogP contribution >= 0.6 is 51.3 Å². The van der Waals surface area contributed by atoms with E-state index in [-0.39, 0.29) is 47.6 Å². The summed E-state index contributed by atoms with van der Waals surface area (Å²) in [6.07, 6.45) is -4.64. The van der Waals surface area contributed by atoms with E-state index >= 15 is 0 Å². The molecule has 0 aliphatic carbocycles. The fourth-order valence-corrected chi connectivity index (χ4v) is 5.00. The third-order valence-corrected chi connectivity index (χ3v) is 8.15. The topological polar surface area (TPSA) is 53.6 Å². The van der Waals surface area contributed by atoms with Gasteiger partial charge in [-0.05, 0) is 64.3 Å². The molecule has 4 rings (SSSR count). The summed E-state index contributed by atoms with van der Waals surface area (Å²) in [5, 5.41) is 3.17. The van der Waals surface area contributed by atoms with Crippen LogP contribution in [0.3, 0.4) is 0 Å². The maximum atomic E-state index is 14.4. The zero-order valence-corrected chi connectivity index (χ0v) is 20.7. The van der Waals surface area contributed by atoms with Gasteiger partial charge in [0.25, 0.3) is 5.91 Å². The quantitative estimate of drug-likeness (QED) is 0.385. The number of carbonyl (C=O) groups excluding carboxylic acids is 1. The second kappa shape index (κ2) is 9.22. The number of benzene rings is 2. The Morgan fingerprint density at radius 1 is 1.24 bits per heavy atom. The van der Waals surface area contributed by atoms with Crippen LogP contribution in [0.15, 0.2) is 40.9 Å². The van der Waals surface area contributed by atoms with Crippen molar-refractivity contribution in [3.63, 3.8) is 0 Å². The van der Waals surface area contributed by atoms with Gasteiger partial charge in [0.1, 0.15) is 23.1 Å². The van der Waals surface area contributed by atoms with E-state index in [0.717, 1.165) is 0 Å². The first kappa shape index (κ1) is 24.5. The first-order valence-electron chi connectivity index (χ1n) is 9.81. The zero-order chi connectivity index (χ0) is 24.0. The van der Waals surface area contributed by atoms with Crippen molar-refractivity contribution in [2.45, 2.75) is 24.1 Å². The Hall–Kier alpha value is -1.59. The first-order valence-corrected chi connectivity index (χ1v) is 11.8. The maximum absolute atomic E-state index is 14.4. The Morgan fingerprint density at radius 3 is 2.42 bits per heavy atom. The van der Waals surface area contributed by atoms with E-state index in [9.17, 15) is 18.0 Å². The minimum atomic E-state index is -4.50. The number of hydroxylamine groups is 1. The number of thiocarbonyl (C=S) groups is 1. The van der Waals surface area contributed by atoms with Gasteiger partial charge in [-0.25, -0.2) is 5.48 Å². The Kier molecular flexibility index (Phi) is 6.85. The number of halogens is 6. The van der Waals surface area contributed by atoms with Crippen LogP contribution in [0.4, 0.5) is 18.9 Å². The molecular weight excluding hydrogens is 566 g/mol. The molecule has 12 heteroatoms. The van der Waals surface area contributed by atoms with Gasteiger partial charge in [0, 0.05) is 24.3 Å². The summed E-state index contributed by atoms with van der Waals surface area (Å²) < 4.78 is 43.4. The number of hydrogen-bond donors (Lipinski definition) is 2. The Morgan fingerprint density at radius 2 is 1.88 bits per heavy atom. The van der Waals surface area contributed by atoms with Crippen LogP contribution in [0, 0.1) is 0 Å². The molecule has 2 unspecified atom stereocenters. The van der Waals surface area contributed by atoms with Gasteiger partial charge in [-0.15, -0.1) is 0 Å². The van der Waals surface area contributed by atoms with Crippen molar-refractivity contribution in [3.8, 4) is 0 Å². The Labute approximate surface area is 211 Å². The minimum absolute atomic E-state index is 0.0368. The van der Waals surface area contributed by atoms with Crippen LogP contribution in [-0.2, 0) is 15.0 Å². The van der Waals surface area contributed by atoms with Crippen molar-refractivity contribution in [1.82, 2.24) is 10.8 Å².